The number of carbonyl (C=O) groups excluding carboxylic acids is 1. The zero-order chi connectivity index (χ0) is 23.0. The maximum atomic E-state index is 13.6. The van der Waals surface area contributed by atoms with E-state index in [1.807, 2.05) is 37.3 Å². The summed E-state index contributed by atoms with van der Waals surface area (Å²) in [7, 11) is -4.14. The van der Waals surface area contributed by atoms with Gasteiger partial charge in [-0.1, -0.05) is 74.0 Å². The first-order valence-corrected chi connectivity index (χ1v) is 11.9. The minimum Gasteiger partial charge on any atom is -0.502 e. The van der Waals surface area contributed by atoms with Gasteiger partial charge in [-0.15, -0.1) is 0 Å². The average Bonchev–Trinajstić information content (AvgIpc) is 3.06. The van der Waals surface area contributed by atoms with Crippen LogP contribution in [0.4, 0.5) is 5.69 Å². The fourth-order valence-corrected chi connectivity index (χ4v) is 5.55. The van der Waals surface area contributed by atoms with Crippen LogP contribution in [0.2, 0.25) is 0 Å². The summed E-state index contributed by atoms with van der Waals surface area (Å²) >= 11 is 0. The number of aryl methyl sites for hydroxylation is 1. The number of para-hydroxylation sites is 1. The van der Waals surface area contributed by atoms with Crippen molar-refractivity contribution in [3.63, 3.8) is 0 Å². The van der Waals surface area contributed by atoms with E-state index in [4.69, 9.17) is 0 Å². The van der Waals surface area contributed by atoms with Crippen LogP contribution >= 0.6 is 0 Å². The van der Waals surface area contributed by atoms with Crippen LogP contribution in [0.15, 0.2) is 94.4 Å². The van der Waals surface area contributed by atoms with E-state index in [1.54, 1.807) is 36.4 Å². The Hall–Kier alpha value is -3.38. The molecule has 0 saturated heterocycles. The van der Waals surface area contributed by atoms with Gasteiger partial charge in [0.15, 0.2) is 5.76 Å². The molecule has 1 aliphatic rings. The minimum absolute atomic E-state index is 0.0381. The topological polar surface area (TPSA) is 74.7 Å². The highest BCUT2D eigenvalue weighted by Gasteiger charge is 2.47. The number of anilines is 1. The van der Waals surface area contributed by atoms with Crippen molar-refractivity contribution >= 4 is 21.4 Å². The van der Waals surface area contributed by atoms with Crippen molar-refractivity contribution in [3.05, 3.63) is 106 Å². The highest BCUT2D eigenvalue weighted by Crippen LogP contribution is 2.44. The molecule has 0 fully saturated rings. The monoisotopic (exact) mass is 447 g/mol. The van der Waals surface area contributed by atoms with Gasteiger partial charge in [0.2, 0.25) is 9.84 Å². The van der Waals surface area contributed by atoms with Gasteiger partial charge in [0.05, 0.1) is 4.90 Å². The van der Waals surface area contributed by atoms with Crippen LogP contribution in [0.3, 0.4) is 0 Å². The average molecular weight is 448 g/mol. The third kappa shape index (κ3) is 3.71. The van der Waals surface area contributed by atoms with Gasteiger partial charge in [-0.3, -0.25) is 9.69 Å². The Morgan fingerprint density at radius 2 is 1.47 bits per heavy atom. The number of aliphatic hydroxyl groups is 1. The first-order chi connectivity index (χ1) is 15.2. The summed E-state index contributed by atoms with van der Waals surface area (Å²) in [4.78, 5) is 14.2. The van der Waals surface area contributed by atoms with Crippen LogP contribution < -0.4 is 4.90 Å². The number of sulfone groups is 1. The maximum absolute atomic E-state index is 13.6. The molecule has 0 spiro atoms. The van der Waals surface area contributed by atoms with Crippen molar-refractivity contribution in [2.24, 2.45) is 0 Å². The van der Waals surface area contributed by atoms with E-state index in [2.05, 4.69) is 13.8 Å². The second kappa shape index (κ2) is 8.28. The van der Waals surface area contributed by atoms with E-state index >= 15 is 0 Å². The van der Waals surface area contributed by atoms with Gasteiger partial charge < -0.3 is 5.11 Å². The molecule has 0 aromatic heterocycles. The van der Waals surface area contributed by atoms with Crippen molar-refractivity contribution < 1.29 is 18.3 Å². The number of hydrogen-bond acceptors (Lipinski definition) is 4. The molecule has 1 amide bonds. The van der Waals surface area contributed by atoms with Gasteiger partial charge in [0, 0.05) is 5.69 Å². The number of nitrogens with zero attached hydrogens (tertiary/aromatic N) is 1. The number of aliphatic hydroxyl groups excluding tert-OH is 1. The summed E-state index contributed by atoms with van der Waals surface area (Å²) in [5.74, 6) is -1.17. The lowest BCUT2D eigenvalue weighted by molar-refractivity contribution is -0.117. The molecule has 32 heavy (non-hydrogen) atoms. The third-order valence-electron chi connectivity index (χ3n) is 5.74. The first-order valence-electron chi connectivity index (χ1n) is 10.4. The van der Waals surface area contributed by atoms with Crippen LogP contribution in [0.25, 0.3) is 0 Å². The molecule has 1 heterocycles. The molecule has 3 aromatic carbocycles. The van der Waals surface area contributed by atoms with Crippen LogP contribution in [0.5, 0.6) is 0 Å². The van der Waals surface area contributed by atoms with E-state index in [1.165, 1.54) is 17.0 Å². The van der Waals surface area contributed by atoms with Crippen LogP contribution in [0.1, 0.15) is 42.5 Å². The largest absolute Gasteiger partial charge is 0.502 e. The Kier molecular flexibility index (Phi) is 5.65. The maximum Gasteiger partial charge on any atom is 0.295 e. The van der Waals surface area contributed by atoms with Crippen molar-refractivity contribution in [1.82, 2.24) is 0 Å². The van der Waals surface area contributed by atoms with Crippen molar-refractivity contribution in [1.29, 1.82) is 0 Å². The molecule has 4 rings (SSSR count). The molecular weight excluding hydrogens is 422 g/mol. The SMILES string of the molecule is Cc1ccc(S(=O)(=O)C2=C(O)C(=O)N(c3ccccc3)[C@H]2c2ccc(C(C)C)cc2)cc1. The smallest absolute Gasteiger partial charge is 0.295 e. The lowest BCUT2D eigenvalue weighted by Crippen LogP contribution is -2.31. The zero-order valence-corrected chi connectivity index (χ0v) is 19.0. The van der Waals surface area contributed by atoms with E-state index < -0.39 is 27.5 Å². The molecule has 0 aliphatic carbocycles. The molecule has 0 saturated carbocycles. The second-order valence-corrected chi connectivity index (χ2v) is 10.2. The molecule has 3 aromatic rings. The number of amides is 1. The van der Waals surface area contributed by atoms with Crippen LogP contribution in [-0.2, 0) is 14.6 Å². The Labute approximate surface area is 188 Å². The summed E-state index contributed by atoms with van der Waals surface area (Å²) in [5, 5.41) is 10.8. The quantitative estimate of drug-likeness (QED) is 0.564. The molecule has 1 atom stereocenters. The fourth-order valence-electron chi connectivity index (χ4n) is 3.92. The number of carbonyl (C=O) groups is 1. The zero-order valence-electron chi connectivity index (χ0n) is 18.2. The molecule has 1 aliphatic heterocycles. The molecule has 0 unspecified atom stereocenters. The summed E-state index contributed by atoms with van der Waals surface area (Å²) in [6.07, 6.45) is 0. The van der Waals surface area contributed by atoms with Gasteiger partial charge >= 0.3 is 0 Å². The molecule has 6 heteroatoms. The van der Waals surface area contributed by atoms with E-state index in [9.17, 15) is 18.3 Å². The van der Waals surface area contributed by atoms with E-state index in [0.717, 1.165) is 11.1 Å². The number of rotatable bonds is 5. The summed E-state index contributed by atoms with van der Waals surface area (Å²) in [6.45, 7) is 6.01. The first kappa shape index (κ1) is 21.8. The normalized spacial score (nSPS) is 16.8. The van der Waals surface area contributed by atoms with Crippen LogP contribution in [0, 0.1) is 6.92 Å². The number of hydrogen-bond donors (Lipinski definition) is 1. The predicted molar refractivity (Wildman–Crippen MR) is 125 cm³/mol. The lowest BCUT2D eigenvalue weighted by Gasteiger charge is -2.27. The van der Waals surface area contributed by atoms with Gasteiger partial charge in [-0.2, -0.15) is 0 Å². The Bertz CT molecular complexity index is 1280. The van der Waals surface area contributed by atoms with Crippen LogP contribution in [-0.4, -0.2) is 19.4 Å². The van der Waals surface area contributed by atoms with Crippen molar-refractivity contribution in [2.45, 2.75) is 37.6 Å². The van der Waals surface area contributed by atoms with Crippen molar-refractivity contribution in [3.8, 4) is 0 Å². The minimum atomic E-state index is -4.14. The molecule has 164 valence electrons. The molecule has 5 nitrogen and oxygen atoms in total. The standard InChI is InChI=1S/C26H25NO4S/c1-17(2)19-11-13-20(14-12-19)23-25(32(30,31)22-15-9-18(3)10-16-22)24(28)26(29)27(23)21-7-5-4-6-8-21/h4-17,23,28H,1-3H3/t23-/m0/s1. The molecular formula is C26H25NO4S. The van der Waals surface area contributed by atoms with Gasteiger partial charge in [-0.05, 0) is 48.2 Å². The Balaban J connectivity index is 1.91. The molecule has 0 radical (unpaired) electrons. The van der Waals surface area contributed by atoms with Crippen molar-refractivity contribution in [2.75, 3.05) is 4.90 Å². The molecule has 1 N–H and O–H groups in total. The summed E-state index contributed by atoms with van der Waals surface area (Å²) in [5.41, 5.74) is 3.13. The highest BCUT2D eigenvalue weighted by molar-refractivity contribution is 7.95. The Morgan fingerprint density at radius 3 is 2.03 bits per heavy atom. The predicted octanol–water partition coefficient (Wildman–Crippen LogP) is 5.45. The van der Waals surface area contributed by atoms with Gasteiger partial charge in [0.25, 0.3) is 5.91 Å². The fraction of sp³-hybridized carbons (Fsp3) is 0.192. The second-order valence-electron chi connectivity index (χ2n) is 8.26. The van der Waals surface area contributed by atoms with Gasteiger partial charge in [-0.25, -0.2) is 8.42 Å². The van der Waals surface area contributed by atoms with E-state index in [0.29, 0.717) is 17.2 Å². The summed E-state index contributed by atoms with van der Waals surface area (Å²) in [6, 6.07) is 21.7. The van der Waals surface area contributed by atoms with E-state index in [-0.39, 0.29) is 9.80 Å². The Morgan fingerprint density at radius 1 is 0.875 bits per heavy atom. The van der Waals surface area contributed by atoms with Gasteiger partial charge in [0.1, 0.15) is 10.9 Å². The molecule has 0 bridgehead atoms. The lowest BCUT2D eigenvalue weighted by atomic mass is 9.98. The summed E-state index contributed by atoms with van der Waals surface area (Å²) < 4.78 is 27.3. The third-order valence-corrected chi connectivity index (χ3v) is 7.62. The number of benzene rings is 3. The highest BCUT2D eigenvalue weighted by atomic mass is 32.2.